The minimum atomic E-state index is -0.381. The lowest BCUT2D eigenvalue weighted by atomic mass is 9.72. The fourth-order valence-corrected chi connectivity index (χ4v) is 1.81. The third-order valence-electron chi connectivity index (χ3n) is 3.25. The lowest BCUT2D eigenvalue weighted by Gasteiger charge is -2.34. The van der Waals surface area contributed by atoms with Crippen LogP contribution in [0.4, 0.5) is 0 Å². The summed E-state index contributed by atoms with van der Waals surface area (Å²) in [5.41, 5.74) is -0.384. The van der Waals surface area contributed by atoms with E-state index in [2.05, 4.69) is 34.6 Å². The minimum Gasteiger partial charge on any atom is -0.460 e. The molecular weight excluding hydrogens is 200 g/mol. The number of carbonyl (C=O) groups is 1. The molecule has 0 radical (unpaired) electrons. The van der Waals surface area contributed by atoms with Crippen LogP contribution >= 0.6 is 0 Å². The average Bonchev–Trinajstić information content (AvgIpc) is 1.97. The van der Waals surface area contributed by atoms with E-state index in [9.17, 15) is 4.79 Å². The molecule has 1 atom stereocenters. The van der Waals surface area contributed by atoms with E-state index in [1.54, 1.807) is 0 Å². The van der Waals surface area contributed by atoms with Crippen molar-refractivity contribution >= 4 is 5.97 Å². The average molecular weight is 228 g/mol. The van der Waals surface area contributed by atoms with Crippen LogP contribution in [0.15, 0.2) is 0 Å². The van der Waals surface area contributed by atoms with E-state index in [1.807, 2.05) is 20.8 Å². The van der Waals surface area contributed by atoms with Crippen molar-refractivity contribution in [3.05, 3.63) is 0 Å². The SMILES string of the molecule is CC(C)C(C)C(C)(C)CC(=O)OC(C)(C)C. The first kappa shape index (κ1) is 15.5. The van der Waals surface area contributed by atoms with Crippen LogP contribution in [0.3, 0.4) is 0 Å². The zero-order valence-electron chi connectivity index (χ0n) is 12.2. The predicted molar refractivity (Wildman–Crippen MR) is 68.2 cm³/mol. The third kappa shape index (κ3) is 5.53. The molecule has 0 saturated carbocycles. The van der Waals surface area contributed by atoms with Gasteiger partial charge in [0, 0.05) is 0 Å². The summed E-state index contributed by atoms with van der Waals surface area (Å²) in [5, 5.41) is 0. The highest BCUT2D eigenvalue weighted by Crippen LogP contribution is 2.36. The Morgan fingerprint density at radius 2 is 1.50 bits per heavy atom. The highest BCUT2D eigenvalue weighted by molar-refractivity contribution is 5.70. The predicted octanol–water partition coefficient (Wildman–Crippen LogP) is 4.04. The number of carbonyl (C=O) groups excluding carboxylic acids is 1. The maximum Gasteiger partial charge on any atom is 0.306 e. The molecule has 0 N–H and O–H groups in total. The van der Waals surface area contributed by atoms with Gasteiger partial charge in [0.2, 0.25) is 0 Å². The molecular formula is C14H28O2. The molecule has 16 heavy (non-hydrogen) atoms. The van der Waals surface area contributed by atoms with E-state index in [0.717, 1.165) is 0 Å². The van der Waals surface area contributed by atoms with E-state index < -0.39 is 0 Å². The van der Waals surface area contributed by atoms with Crippen molar-refractivity contribution in [2.45, 2.75) is 67.4 Å². The van der Waals surface area contributed by atoms with Gasteiger partial charge in [-0.3, -0.25) is 4.79 Å². The van der Waals surface area contributed by atoms with Crippen molar-refractivity contribution < 1.29 is 9.53 Å². The summed E-state index contributed by atoms with van der Waals surface area (Å²) in [7, 11) is 0. The summed E-state index contributed by atoms with van der Waals surface area (Å²) in [6.45, 7) is 16.6. The standard InChI is InChI=1S/C14H28O2/c1-10(2)11(3)14(7,8)9-12(15)16-13(4,5)6/h10-11H,9H2,1-8H3. The first-order valence-corrected chi connectivity index (χ1v) is 6.17. The van der Waals surface area contributed by atoms with Gasteiger partial charge in [-0.2, -0.15) is 0 Å². The molecule has 2 heteroatoms. The molecule has 0 aliphatic carbocycles. The summed E-state index contributed by atoms with van der Waals surface area (Å²) in [4.78, 5) is 11.8. The molecule has 0 aromatic heterocycles. The Morgan fingerprint density at radius 1 is 1.06 bits per heavy atom. The molecule has 0 aliphatic rings. The second-order valence-electron chi connectivity index (χ2n) is 6.78. The number of hydrogen-bond donors (Lipinski definition) is 0. The van der Waals surface area contributed by atoms with Crippen LogP contribution < -0.4 is 0 Å². The van der Waals surface area contributed by atoms with Gasteiger partial charge >= 0.3 is 5.97 Å². The monoisotopic (exact) mass is 228 g/mol. The fourth-order valence-electron chi connectivity index (χ4n) is 1.81. The largest absolute Gasteiger partial charge is 0.460 e. The molecule has 0 spiro atoms. The molecule has 96 valence electrons. The first-order valence-electron chi connectivity index (χ1n) is 6.17. The zero-order chi connectivity index (χ0) is 13.1. The maximum absolute atomic E-state index is 11.8. The molecule has 0 heterocycles. The van der Waals surface area contributed by atoms with Gasteiger partial charge in [0.05, 0.1) is 6.42 Å². The summed E-state index contributed by atoms with van der Waals surface area (Å²) in [6.07, 6.45) is 0.490. The Balaban J connectivity index is 4.42. The van der Waals surface area contributed by atoms with Crippen molar-refractivity contribution in [1.29, 1.82) is 0 Å². The topological polar surface area (TPSA) is 26.3 Å². The second-order valence-corrected chi connectivity index (χ2v) is 6.78. The molecule has 0 fully saturated rings. The number of esters is 1. The van der Waals surface area contributed by atoms with Crippen LogP contribution in [0.1, 0.15) is 61.8 Å². The lowest BCUT2D eigenvalue weighted by Crippen LogP contribution is -2.32. The van der Waals surface area contributed by atoms with Crippen LogP contribution in [0.5, 0.6) is 0 Å². The van der Waals surface area contributed by atoms with Gasteiger partial charge < -0.3 is 4.74 Å². The van der Waals surface area contributed by atoms with E-state index >= 15 is 0 Å². The second kappa shape index (κ2) is 5.20. The Morgan fingerprint density at radius 3 is 1.81 bits per heavy atom. The Labute approximate surface area is 101 Å². The molecule has 0 amide bonds. The molecule has 0 aromatic rings. The lowest BCUT2D eigenvalue weighted by molar-refractivity contribution is -0.158. The summed E-state index contributed by atoms with van der Waals surface area (Å²) in [5.74, 6) is 0.988. The van der Waals surface area contributed by atoms with E-state index in [1.165, 1.54) is 0 Å². The molecule has 0 bridgehead atoms. The normalized spacial score (nSPS) is 15.1. The summed E-state index contributed by atoms with van der Waals surface area (Å²) < 4.78 is 5.36. The van der Waals surface area contributed by atoms with Crippen molar-refractivity contribution in [1.82, 2.24) is 0 Å². The third-order valence-corrected chi connectivity index (χ3v) is 3.25. The van der Waals surface area contributed by atoms with Gasteiger partial charge in [0.25, 0.3) is 0 Å². The van der Waals surface area contributed by atoms with Crippen LogP contribution in [0.25, 0.3) is 0 Å². The maximum atomic E-state index is 11.8. The molecule has 0 aliphatic heterocycles. The molecule has 0 saturated heterocycles. The molecule has 1 unspecified atom stereocenters. The summed E-state index contributed by atoms with van der Waals surface area (Å²) >= 11 is 0. The number of hydrogen-bond acceptors (Lipinski definition) is 2. The van der Waals surface area contributed by atoms with Gasteiger partial charge in [-0.15, -0.1) is 0 Å². The fraction of sp³-hybridized carbons (Fsp3) is 0.929. The van der Waals surface area contributed by atoms with Crippen LogP contribution in [0.2, 0.25) is 0 Å². The Hall–Kier alpha value is -0.530. The van der Waals surface area contributed by atoms with E-state index in [4.69, 9.17) is 4.74 Å². The van der Waals surface area contributed by atoms with Crippen LogP contribution in [-0.2, 0) is 9.53 Å². The highest BCUT2D eigenvalue weighted by Gasteiger charge is 2.32. The first-order chi connectivity index (χ1) is 6.96. The van der Waals surface area contributed by atoms with Crippen LogP contribution in [-0.4, -0.2) is 11.6 Å². The number of ether oxygens (including phenoxy) is 1. The minimum absolute atomic E-state index is 0.00347. The smallest absolute Gasteiger partial charge is 0.306 e. The van der Waals surface area contributed by atoms with Gasteiger partial charge in [-0.25, -0.2) is 0 Å². The van der Waals surface area contributed by atoms with Crippen molar-refractivity contribution in [3.63, 3.8) is 0 Å². The van der Waals surface area contributed by atoms with Crippen molar-refractivity contribution in [3.8, 4) is 0 Å². The molecule has 0 rings (SSSR count). The van der Waals surface area contributed by atoms with E-state index in [0.29, 0.717) is 18.3 Å². The van der Waals surface area contributed by atoms with Crippen molar-refractivity contribution in [2.75, 3.05) is 0 Å². The molecule has 2 nitrogen and oxygen atoms in total. The highest BCUT2D eigenvalue weighted by atomic mass is 16.6. The van der Waals surface area contributed by atoms with Gasteiger partial charge in [-0.1, -0.05) is 34.6 Å². The van der Waals surface area contributed by atoms with Gasteiger partial charge in [0.15, 0.2) is 0 Å². The van der Waals surface area contributed by atoms with Gasteiger partial charge in [0.1, 0.15) is 5.60 Å². The van der Waals surface area contributed by atoms with Crippen LogP contribution in [0, 0.1) is 17.3 Å². The van der Waals surface area contributed by atoms with Crippen molar-refractivity contribution in [2.24, 2.45) is 17.3 Å². The Bertz CT molecular complexity index is 234. The van der Waals surface area contributed by atoms with Gasteiger partial charge in [-0.05, 0) is 38.0 Å². The molecule has 0 aromatic carbocycles. The number of rotatable bonds is 4. The van der Waals surface area contributed by atoms with E-state index in [-0.39, 0.29) is 17.0 Å². The summed E-state index contributed by atoms with van der Waals surface area (Å²) in [6, 6.07) is 0. The quantitative estimate of drug-likeness (QED) is 0.679. The Kier molecular flexibility index (Phi) is 5.03. The zero-order valence-corrected chi connectivity index (χ0v) is 12.2.